The van der Waals surface area contributed by atoms with Crippen LogP contribution in [0.25, 0.3) is 11.4 Å². The highest BCUT2D eigenvalue weighted by molar-refractivity contribution is 7.08. The molecule has 2 amide bonds. The van der Waals surface area contributed by atoms with Crippen LogP contribution in [0.4, 0.5) is 0 Å². The summed E-state index contributed by atoms with van der Waals surface area (Å²) >= 11 is 1.56. The third kappa shape index (κ3) is 4.14. The molecule has 7 nitrogen and oxygen atoms in total. The number of carbonyl (C=O) groups is 2. The zero-order chi connectivity index (χ0) is 16.1. The van der Waals surface area contributed by atoms with Gasteiger partial charge in [0.15, 0.2) is 0 Å². The molecular formula is C14H18N4O3S. The summed E-state index contributed by atoms with van der Waals surface area (Å²) in [6.07, 6.45) is 0.582. The number of aryl methyl sites for hydroxylation is 1. The van der Waals surface area contributed by atoms with Crippen molar-refractivity contribution in [1.82, 2.24) is 19.9 Å². The Labute approximate surface area is 132 Å². The van der Waals surface area contributed by atoms with Crippen LogP contribution in [-0.2, 0) is 16.0 Å². The summed E-state index contributed by atoms with van der Waals surface area (Å²) < 4.78 is 5.14. The van der Waals surface area contributed by atoms with Crippen LogP contribution in [0, 0.1) is 0 Å². The average Bonchev–Trinajstić information content (AvgIpc) is 3.15. The van der Waals surface area contributed by atoms with E-state index in [1.54, 1.807) is 32.5 Å². The maximum absolute atomic E-state index is 12.0. The highest BCUT2D eigenvalue weighted by Crippen LogP contribution is 2.19. The molecule has 0 aliphatic rings. The van der Waals surface area contributed by atoms with Crippen molar-refractivity contribution in [1.29, 1.82) is 0 Å². The van der Waals surface area contributed by atoms with E-state index in [1.807, 2.05) is 16.8 Å². The highest BCUT2D eigenvalue weighted by Gasteiger charge is 2.16. The molecular weight excluding hydrogens is 304 g/mol. The Morgan fingerprint density at radius 2 is 2.05 bits per heavy atom. The Hall–Kier alpha value is -2.22. The molecule has 2 rings (SSSR count). The molecule has 118 valence electrons. The van der Waals surface area contributed by atoms with E-state index in [9.17, 15) is 9.59 Å². The largest absolute Gasteiger partial charge is 0.347 e. The normalized spacial score (nSPS) is 10.5. The second-order valence-corrected chi connectivity index (χ2v) is 5.84. The molecule has 0 saturated heterocycles. The average molecular weight is 322 g/mol. The molecule has 0 unspecified atom stereocenters. The van der Waals surface area contributed by atoms with Gasteiger partial charge in [0.2, 0.25) is 23.5 Å². The quantitative estimate of drug-likeness (QED) is 0.800. The van der Waals surface area contributed by atoms with Gasteiger partial charge in [-0.3, -0.25) is 9.59 Å². The predicted octanol–water partition coefficient (Wildman–Crippen LogP) is 1.28. The molecule has 0 N–H and O–H groups in total. The van der Waals surface area contributed by atoms with E-state index in [0.717, 1.165) is 5.56 Å². The number of rotatable bonds is 6. The maximum atomic E-state index is 12.0. The number of aromatic nitrogens is 2. The van der Waals surface area contributed by atoms with Crippen molar-refractivity contribution in [2.24, 2.45) is 0 Å². The molecule has 0 spiro atoms. The lowest BCUT2D eigenvalue weighted by molar-refractivity contribution is -0.138. The summed E-state index contributed by atoms with van der Waals surface area (Å²) in [6.45, 7) is 0.0653. The van der Waals surface area contributed by atoms with E-state index in [-0.39, 0.29) is 24.8 Å². The molecule has 2 aromatic heterocycles. The minimum Gasteiger partial charge on any atom is -0.347 e. The van der Waals surface area contributed by atoms with Gasteiger partial charge in [0, 0.05) is 44.9 Å². The van der Waals surface area contributed by atoms with Crippen molar-refractivity contribution >= 4 is 23.2 Å². The third-order valence-corrected chi connectivity index (χ3v) is 3.78. The number of carbonyl (C=O) groups excluding carboxylic acids is 2. The molecule has 22 heavy (non-hydrogen) atoms. The highest BCUT2D eigenvalue weighted by atomic mass is 32.1. The minimum absolute atomic E-state index is 0.0653. The van der Waals surface area contributed by atoms with E-state index in [4.69, 9.17) is 4.52 Å². The van der Waals surface area contributed by atoms with Crippen molar-refractivity contribution in [3.8, 4) is 11.4 Å². The molecule has 0 fully saturated rings. The predicted molar refractivity (Wildman–Crippen MR) is 82.3 cm³/mol. The number of likely N-dealkylation sites (N-methyl/N-ethyl adjacent to an activating group) is 2. The Bertz CT molecular complexity index is 636. The smallest absolute Gasteiger partial charge is 0.241 e. The first-order valence-corrected chi connectivity index (χ1v) is 7.71. The van der Waals surface area contributed by atoms with Crippen LogP contribution in [0.5, 0.6) is 0 Å². The summed E-state index contributed by atoms with van der Waals surface area (Å²) in [6, 6.07) is 1.91. The maximum Gasteiger partial charge on any atom is 0.241 e. The molecule has 0 aromatic carbocycles. The fourth-order valence-corrected chi connectivity index (χ4v) is 2.34. The molecule has 0 radical (unpaired) electrons. The zero-order valence-corrected chi connectivity index (χ0v) is 13.6. The molecule has 8 heteroatoms. The Morgan fingerprint density at radius 1 is 1.27 bits per heavy atom. The lowest BCUT2D eigenvalue weighted by Gasteiger charge is -2.18. The number of nitrogens with zero attached hydrogens (tertiary/aromatic N) is 4. The van der Waals surface area contributed by atoms with Gasteiger partial charge in [0.05, 0.1) is 6.54 Å². The Balaban J connectivity index is 1.85. The monoisotopic (exact) mass is 322 g/mol. The first-order valence-electron chi connectivity index (χ1n) is 6.76. The molecule has 2 aromatic rings. The number of amides is 2. The summed E-state index contributed by atoms with van der Waals surface area (Å²) in [4.78, 5) is 30.6. The van der Waals surface area contributed by atoms with Crippen LogP contribution < -0.4 is 0 Å². The van der Waals surface area contributed by atoms with E-state index in [1.165, 1.54) is 9.80 Å². The summed E-state index contributed by atoms with van der Waals surface area (Å²) in [5.74, 6) is 0.695. The second-order valence-electron chi connectivity index (χ2n) is 5.06. The van der Waals surface area contributed by atoms with Gasteiger partial charge >= 0.3 is 0 Å². The molecule has 2 heterocycles. The van der Waals surface area contributed by atoms with Crippen LogP contribution in [0.15, 0.2) is 21.3 Å². The lowest BCUT2D eigenvalue weighted by atomic mass is 10.2. The van der Waals surface area contributed by atoms with Crippen molar-refractivity contribution in [3.63, 3.8) is 0 Å². The van der Waals surface area contributed by atoms with Crippen molar-refractivity contribution < 1.29 is 14.1 Å². The Kier molecular flexibility index (Phi) is 5.26. The van der Waals surface area contributed by atoms with Crippen molar-refractivity contribution in [2.45, 2.75) is 12.8 Å². The standard InChI is InChI=1S/C14H18N4O3S/c1-17(2)13(20)8-18(3)12(19)5-4-11-15-14(16-21-11)10-6-7-22-9-10/h6-7,9H,4-5,8H2,1-3H3. The van der Waals surface area contributed by atoms with Gasteiger partial charge in [-0.1, -0.05) is 5.16 Å². The van der Waals surface area contributed by atoms with Gasteiger partial charge in [-0.25, -0.2) is 0 Å². The Morgan fingerprint density at radius 3 is 2.68 bits per heavy atom. The van der Waals surface area contributed by atoms with E-state index >= 15 is 0 Å². The van der Waals surface area contributed by atoms with Gasteiger partial charge in [0.1, 0.15) is 0 Å². The van der Waals surface area contributed by atoms with E-state index in [2.05, 4.69) is 10.1 Å². The van der Waals surface area contributed by atoms with E-state index < -0.39 is 0 Å². The van der Waals surface area contributed by atoms with Crippen LogP contribution in [-0.4, -0.2) is 59.4 Å². The molecule has 0 atom stereocenters. The first kappa shape index (κ1) is 16.2. The van der Waals surface area contributed by atoms with Crippen LogP contribution in [0.3, 0.4) is 0 Å². The summed E-state index contributed by atoms with van der Waals surface area (Å²) in [5, 5.41) is 7.76. The second kappa shape index (κ2) is 7.17. The van der Waals surface area contributed by atoms with Crippen LogP contribution >= 0.6 is 11.3 Å². The van der Waals surface area contributed by atoms with Crippen molar-refractivity contribution in [3.05, 3.63) is 22.7 Å². The minimum atomic E-state index is -0.134. The summed E-state index contributed by atoms with van der Waals surface area (Å²) in [5.41, 5.74) is 0.903. The number of hydrogen-bond donors (Lipinski definition) is 0. The molecule has 0 bridgehead atoms. The SMILES string of the molecule is CN(C)C(=O)CN(C)C(=O)CCc1nc(-c2ccsc2)no1. The van der Waals surface area contributed by atoms with Gasteiger partial charge < -0.3 is 14.3 Å². The van der Waals surface area contributed by atoms with Crippen molar-refractivity contribution in [2.75, 3.05) is 27.7 Å². The van der Waals surface area contributed by atoms with Gasteiger partial charge in [0.25, 0.3) is 0 Å². The molecule has 0 saturated carbocycles. The topological polar surface area (TPSA) is 79.5 Å². The number of thiophene rings is 1. The van der Waals surface area contributed by atoms with E-state index in [0.29, 0.717) is 18.1 Å². The lowest BCUT2D eigenvalue weighted by Crippen LogP contribution is -2.37. The molecule has 0 aliphatic heterocycles. The molecule has 0 aliphatic carbocycles. The van der Waals surface area contributed by atoms with Crippen LogP contribution in [0.2, 0.25) is 0 Å². The van der Waals surface area contributed by atoms with Gasteiger partial charge in [-0.2, -0.15) is 16.3 Å². The number of hydrogen-bond acceptors (Lipinski definition) is 6. The van der Waals surface area contributed by atoms with Gasteiger partial charge in [-0.05, 0) is 11.4 Å². The fraction of sp³-hybridized carbons (Fsp3) is 0.429. The summed E-state index contributed by atoms with van der Waals surface area (Å²) in [7, 11) is 4.92. The fourth-order valence-electron chi connectivity index (χ4n) is 1.70. The van der Waals surface area contributed by atoms with Crippen LogP contribution in [0.1, 0.15) is 12.3 Å². The van der Waals surface area contributed by atoms with Gasteiger partial charge in [-0.15, -0.1) is 0 Å². The third-order valence-electron chi connectivity index (χ3n) is 3.10. The zero-order valence-electron chi connectivity index (χ0n) is 12.8. The first-order chi connectivity index (χ1) is 10.5.